The second-order valence-electron chi connectivity index (χ2n) is 10.9. The fourth-order valence-electron chi connectivity index (χ4n) is 6.76. The summed E-state index contributed by atoms with van der Waals surface area (Å²) in [6.45, 7) is 4.44. The zero-order chi connectivity index (χ0) is 25.1. The summed E-state index contributed by atoms with van der Waals surface area (Å²) >= 11 is 0. The first-order chi connectivity index (χ1) is 17.2. The normalized spacial score (nSPS) is 27.2. The molecule has 2 bridgehead atoms. The van der Waals surface area contributed by atoms with Gasteiger partial charge in [-0.05, 0) is 46.9 Å². The predicted molar refractivity (Wildman–Crippen MR) is 127 cm³/mol. The molecule has 2 heterocycles. The smallest absolute Gasteiger partial charge is 0.311 e. The Morgan fingerprint density at radius 2 is 1.89 bits per heavy atom. The van der Waals surface area contributed by atoms with Crippen molar-refractivity contribution < 1.29 is 28.2 Å². The molecule has 0 radical (unpaired) electrons. The number of nitrogens with zero attached hydrogens (tertiary/aromatic N) is 2. The van der Waals surface area contributed by atoms with Crippen LogP contribution in [0.25, 0.3) is 0 Å². The highest BCUT2D eigenvalue weighted by molar-refractivity contribution is 5.93. The van der Waals surface area contributed by atoms with Crippen LogP contribution in [0.15, 0.2) is 42.6 Å². The van der Waals surface area contributed by atoms with Gasteiger partial charge in [0, 0.05) is 53.4 Å². The van der Waals surface area contributed by atoms with E-state index in [1.807, 2.05) is 18.7 Å². The Morgan fingerprint density at radius 1 is 1.11 bits per heavy atom. The predicted octanol–water partition coefficient (Wildman–Crippen LogP) is 5.27. The number of carboxylic acid groups (broad SMARTS) is 1. The highest BCUT2D eigenvalue weighted by atomic mass is 19.1. The largest absolute Gasteiger partial charge is 0.497 e. The van der Waals surface area contributed by atoms with Gasteiger partial charge in [0.25, 0.3) is 0 Å². The molecule has 2 aromatic carbocycles. The standard InChI is InChI=1S/C28H24F2N2O4/c1-27(2)12-32(21-7-14(35-3)4-5-18(21)29)20-6-13(19(30)9-17(20)27)11-36-22-8-15-16(10-31-22)24-25-23(15)28(24,25)26(33)34/h4-10,23-25H,11-12H2,1-3H3,(H,33,34)/t23?,24-,25+,28-/m0/s1. The lowest BCUT2D eigenvalue weighted by Crippen LogP contribution is -2.25. The van der Waals surface area contributed by atoms with E-state index in [4.69, 9.17) is 9.47 Å². The van der Waals surface area contributed by atoms with Crippen LogP contribution in [0.5, 0.6) is 11.6 Å². The Morgan fingerprint density at radius 3 is 2.61 bits per heavy atom. The number of hydrogen-bond donors (Lipinski definition) is 1. The van der Waals surface area contributed by atoms with Crippen molar-refractivity contribution in [3.63, 3.8) is 0 Å². The Bertz CT molecular complexity index is 1490. The molecule has 8 rings (SSSR count). The molecule has 1 aromatic heterocycles. The van der Waals surface area contributed by atoms with Crippen molar-refractivity contribution in [2.45, 2.75) is 37.7 Å². The molecule has 36 heavy (non-hydrogen) atoms. The molecule has 4 atom stereocenters. The molecule has 5 aliphatic rings. The van der Waals surface area contributed by atoms with Gasteiger partial charge in [0.05, 0.1) is 18.2 Å². The van der Waals surface area contributed by atoms with Gasteiger partial charge in [-0.15, -0.1) is 0 Å². The van der Waals surface area contributed by atoms with Crippen molar-refractivity contribution in [2.24, 2.45) is 11.3 Å². The summed E-state index contributed by atoms with van der Waals surface area (Å²) in [5, 5.41) is 9.60. The molecule has 0 spiro atoms. The monoisotopic (exact) mass is 490 g/mol. The third kappa shape index (κ3) is 2.59. The van der Waals surface area contributed by atoms with E-state index in [2.05, 4.69) is 4.98 Å². The Hall–Kier alpha value is -3.68. The third-order valence-corrected chi connectivity index (χ3v) is 8.62. The van der Waals surface area contributed by atoms with Crippen LogP contribution in [0.4, 0.5) is 20.2 Å². The molecular weight excluding hydrogens is 466 g/mol. The lowest BCUT2D eigenvalue weighted by molar-refractivity contribution is -0.141. The molecule has 2 saturated carbocycles. The molecular formula is C28H24F2N2O4. The first-order valence-corrected chi connectivity index (χ1v) is 12.0. The number of anilines is 2. The van der Waals surface area contributed by atoms with E-state index in [0.717, 1.165) is 22.4 Å². The van der Waals surface area contributed by atoms with Gasteiger partial charge in [0.1, 0.15) is 24.0 Å². The molecule has 1 N–H and O–H groups in total. The van der Waals surface area contributed by atoms with Crippen molar-refractivity contribution in [3.05, 3.63) is 76.5 Å². The van der Waals surface area contributed by atoms with Crippen molar-refractivity contribution in [1.29, 1.82) is 0 Å². The number of benzene rings is 2. The molecule has 6 nitrogen and oxygen atoms in total. The molecule has 0 saturated heterocycles. The van der Waals surface area contributed by atoms with E-state index >= 15 is 4.39 Å². The summed E-state index contributed by atoms with van der Waals surface area (Å²) in [7, 11) is 1.53. The minimum Gasteiger partial charge on any atom is -0.497 e. The molecule has 0 amide bonds. The van der Waals surface area contributed by atoms with Crippen LogP contribution in [0, 0.1) is 23.0 Å². The van der Waals surface area contributed by atoms with Crippen molar-refractivity contribution in [3.8, 4) is 11.6 Å². The number of pyridine rings is 1. The molecule has 184 valence electrons. The zero-order valence-electron chi connectivity index (χ0n) is 20.0. The number of aliphatic carboxylic acids is 1. The van der Waals surface area contributed by atoms with Crippen LogP contribution in [-0.4, -0.2) is 29.7 Å². The summed E-state index contributed by atoms with van der Waals surface area (Å²) in [6.07, 6.45) is 1.70. The van der Waals surface area contributed by atoms with Crippen molar-refractivity contribution in [1.82, 2.24) is 4.98 Å². The second-order valence-corrected chi connectivity index (χ2v) is 10.9. The number of aromatic nitrogens is 1. The minimum atomic E-state index is -0.735. The molecule has 8 heteroatoms. The second kappa shape index (κ2) is 6.75. The average molecular weight is 491 g/mol. The summed E-state index contributed by atoms with van der Waals surface area (Å²) < 4.78 is 41.2. The topological polar surface area (TPSA) is 71.9 Å². The van der Waals surface area contributed by atoms with Gasteiger partial charge in [-0.2, -0.15) is 0 Å². The molecule has 3 aromatic rings. The fourth-order valence-corrected chi connectivity index (χ4v) is 6.76. The average Bonchev–Trinajstić information content (AvgIpc) is 3.60. The quantitative estimate of drug-likeness (QED) is 0.508. The van der Waals surface area contributed by atoms with Crippen LogP contribution in [0.2, 0.25) is 0 Å². The van der Waals surface area contributed by atoms with Crippen molar-refractivity contribution >= 4 is 17.3 Å². The first kappa shape index (κ1) is 21.6. The summed E-state index contributed by atoms with van der Waals surface area (Å²) in [6, 6.07) is 9.61. The molecule has 4 aliphatic carbocycles. The van der Waals surface area contributed by atoms with Gasteiger partial charge in [-0.1, -0.05) is 13.8 Å². The number of halogens is 2. The van der Waals surface area contributed by atoms with Crippen LogP contribution in [0.3, 0.4) is 0 Å². The van der Waals surface area contributed by atoms with Crippen LogP contribution >= 0.6 is 0 Å². The summed E-state index contributed by atoms with van der Waals surface area (Å²) in [5.74, 6) is -0.310. The number of rotatable bonds is 6. The lowest BCUT2D eigenvalue weighted by Gasteiger charge is -2.23. The number of methoxy groups -OCH3 is 1. The van der Waals surface area contributed by atoms with Crippen LogP contribution < -0.4 is 14.4 Å². The molecule has 1 aliphatic heterocycles. The number of carboxylic acids is 1. The van der Waals surface area contributed by atoms with Gasteiger partial charge >= 0.3 is 5.97 Å². The Balaban J connectivity index is 1.18. The number of ether oxygens (including phenoxy) is 2. The highest BCUT2D eigenvalue weighted by Crippen LogP contribution is 2.96. The van der Waals surface area contributed by atoms with Gasteiger partial charge in [0.15, 0.2) is 0 Å². The van der Waals surface area contributed by atoms with E-state index in [9.17, 15) is 14.3 Å². The third-order valence-electron chi connectivity index (χ3n) is 8.62. The maximum absolute atomic E-state index is 15.2. The SMILES string of the molecule is COc1ccc(F)c(N2CC(C)(C)c3cc(F)c(COc4cc5c(cn4)[C@H]4[C@H]6C5[C@@]64C(=O)O)cc32)c1. The first-order valence-electron chi connectivity index (χ1n) is 12.0. The molecule has 1 unspecified atom stereocenters. The van der Waals surface area contributed by atoms with Crippen molar-refractivity contribution in [2.75, 3.05) is 18.6 Å². The summed E-state index contributed by atoms with van der Waals surface area (Å²) in [5.41, 5.74) is 3.21. The van der Waals surface area contributed by atoms with E-state index in [1.165, 1.54) is 19.2 Å². The fraction of sp³-hybridized carbons (Fsp3) is 0.357. The van der Waals surface area contributed by atoms with Gasteiger partial charge in [-0.3, -0.25) is 4.79 Å². The van der Waals surface area contributed by atoms with Gasteiger partial charge in [0.2, 0.25) is 5.88 Å². The lowest BCUT2D eigenvalue weighted by atomic mass is 9.86. The molecule has 2 fully saturated rings. The Labute approximate surface area is 206 Å². The summed E-state index contributed by atoms with van der Waals surface area (Å²) in [4.78, 5) is 17.9. The minimum absolute atomic E-state index is 0.0469. The number of fused-ring (bicyclic) bond motifs is 1. The van der Waals surface area contributed by atoms with E-state index in [1.54, 1.807) is 30.5 Å². The number of carbonyl (C=O) groups is 1. The van der Waals surface area contributed by atoms with Gasteiger partial charge in [-0.25, -0.2) is 13.8 Å². The van der Waals surface area contributed by atoms with E-state index in [-0.39, 0.29) is 30.2 Å². The van der Waals surface area contributed by atoms with E-state index in [0.29, 0.717) is 29.4 Å². The maximum Gasteiger partial charge on any atom is 0.311 e. The maximum atomic E-state index is 15.2. The Kier molecular flexibility index (Phi) is 4.05. The van der Waals surface area contributed by atoms with Crippen LogP contribution in [0.1, 0.15) is 47.9 Å². The number of hydrogen-bond acceptors (Lipinski definition) is 5. The van der Waals surface area contributed by atoms with Gasteiger partial charge < -0.3 is 19.5 Å². The zero-order valence-corrected chi connectivity index (χ0v) is 20.0. The highest BCUT2D eigenvalue weighted by Gasteiger charge is 2.95. The van der Waals surface area contributed by atoms with E-state index < -0.39 is 22.6 Å². The van der Waals surface area contributed by atoms with Crippen LogP contribution in [-0.2, 0) is 16.8 Å².